The second kappa shape index (κ2) is 9.05. The smallest absolute Gasteiger partial charge is 0.0716 e. The van der Waals surface area contributed by atoms with Crippen LogP contribution in [0.5, 0.6) is 0 Å². The maximum Gasteiger partial charge on any atom is 0.0716 e. The first-order valence-corrected chi connectivity index (χ1v) is 7.09. The van der Waals surface area contributed by atoms with Crippen LogP contribution in [0.4, 0.5) is 0 Å². The van der Waals surface area contributed by atoms with Crippen LogP contribution in [0.1, 0.15) is 24.0 Å². The second-order valence-electron chi connectivity index (χ2n) is 4.69. The summed E-state index contributed by atoms with van der Waals surface area (Å²) in [5.74, 6) is 0. The van der Waals surface area contributed by atoms with E-state index in [0.717, 1.165) is 26.0 Å². The lowest BCUT2D eigenvalue weighted by Gasteiger charge is -2.02. The fraction of sp³-hybridized carbons (Fsp3) is 0.278. The molecule has 0 atom stereocenters. The Labute approximate surface area is 121 Å². The van der Waals surface area contributed by atoms with E-state index in [2.05, 4.69) is 29.3 Å². The lowest BCUT2D eigenvalue weighted by atomic mass is 10.2. The molecule has 0 saturated heterocycles. The third kappa shape index (κ3) is 5.81. The molecule has 2 heteroatoms. The van der Waals surface area contributed by atoms with Gasteiger partial charge in [0.05, 0.1) is 13.2 Å². The van der Waals surface area contributed by atoms with Crippen LogP contribution in [-0.2, 0) is 17.9 Å². The summed E-state index contributed by atoms with van der Waals surface area (Å²) in [7, 11) is 0. The Kier molecular flexibility index (Phi) is 6.55. The predicted octanol–water partition coefficient (Wildman–Crippen LogP) is 4.25. The Bertz CT molecular complexity index is 493. The molecule has 0 N–H and O–H groups in total. The van der Waals surface area contributed by atoms with Gasteiger partial charge in [0.1, 0.15) is 0 Å². The zero-order valence-electron chi connectivity index (χ0n) is 11.7. The van der Waals surface area contributed by atoms with Gasteiger partial charge in [-0.15, -0.1) is 0 Å². The first-order valence-electron chi connectivity index (χ1n) is 7.09. The summed E-state index contributed by atoms with van der Waals surface area (Å²) in [4.78, 5) is 4.42. The minimum absolute atomic E-state index is 0.696. The molecule has 0 radical (unpaired) electrons. The van der Waals surface area contributed by atoms with Crippen molar-refractivity contribution in [3.63, 3.8) is 0 Å². The molecular weight excluding hydrogens is 246 g/mol. The zero-order chi connectivity index (χ0) is 13.9. The molecule has 0 saturated carbocycles. The van der Waals surface area contributed by atoms with Crippen LogP contribution < -0.4 is 0 Å². The summed E-state index contributed by atoms with van der Waals surface area (Å²) in [6.45, 7) is 2.25. The number of hydrogen-bond acceptors (Lipinski definition) is 2. The van der Waals surface area contributed by atoms with E-state index in [1.807, 2.05) is 42.6 Å². The lowest BCUT2D eigenvalue weighted by molar-refractivity contribution is 0.120. The SMILES string of the molecule is C(CCCOCc1ccccc1)=NCc1ccccc1. The van der Waals surface area contributed by atoms with Crippen molar-refractivity contribution in [2.24, 2.45) is 4.99 Å². The summed E-state index contributed by atoms with van der Waals surface area (Å²) in [6, 6.07) is 20.6. The van der Waals surface area contributed by atoms with Gasteiger partial charge in [-0.1, -0.05) is 60.7 Å². The molecule has 2 aromatic rings. The van der Waals surface area contributed by atoms with Crippen molar-refractivity contribution in [1.82, 2.24) is 0 Å². The van der Waals surface area contributed by atoms with Crippen LogP contribution in [-0.4, -0.2) is 12.8 Å². The Morgan fingerprint density at radius 3 is 2.20 bits per heavy atom. The number of nitrogens with zero attached hydrogens (tertiary/aromatic N) is 1. The van der Waals surface area contributed by atoms with Gasteiger partial charge in [-0.3, -0.25) is 4.99 Å². The maximum atomic E-state index is 5.62. The molecule has 0 aliphatic carbocycles. The Morgan fingerprint density at radius 1 is 0.850 bits per heavy atom. The average molecular weight is 267 g/mol. The highest BCUT2D eigenvalue weighted by molar-refractivity contribution is 5.57. The third-order valence-electron chi connectivity index (χ3n) is 2.98. The number of hydrogen-bond donors (Lipinski definition) is 0. The van der Waals surface area contributed by atoms with Gasteiger partial charge in [0, 0.05) is 6.61 Å². The van der Waals surface area contributed by atoms with E-state index in [1.54, 1.807) is 0 Å². The monoisotopic (exact) mass is 267 g/mol. The Hall–Kier alpha value is -1.93. The van der Waals surface area contributed by atoms with E-state index in [4.69, 9.17) is 4.74 Å². The maximum absolute atomic E-state index is 5.62. The van der Waals surface area contributed by atoms with Crippen molar-refractivity contribution < 1.29 is 4.74 Å². The molecule has 0 unspecified atom stereocenters. The molecule has 20 heavy (non-hydrogen) atoms. The third-order valence-corrected chi connectivity index (χ3v) is 2.98. The van der Waals surface area contributed by atoms with E-state index >= 15 is 0 Å². The predicted molar refractivity (Wildman–Crippen MR) is 84.0 cm³/mol. The molecule has 0 aliphatic rings. The molecule has 0 aromatic heterocycles. The molecule has 0 spiro atoms. The van der Waals surface area contributed by atoms with Crippen LogP contribution in [0.2, 0.25) is 0 Å². The Morgan fingerprint density at radius 2 is 1.50 bits per heavy atom. The first kappa shape index (κ1) is 14.5. The van der Waals surface area contributed by atoms with Crippen molar-refractivity contribution in [2.45, 2.75) is 26.0 Å². The summed E-state index contributed by atoms with van der Waals surface area (Å²) in [5.41, 5.74) is 2.48. The average Bonchev–Trinajstić information content (AvgIpc) is 2.52. The number of unbranched alkanes of at least 4 members (excludes halogenated alkanes) is 1. The van der Waals surface area contributed by atoms with Gasteiger partial charge in [-0.05, 0) is 30.2 Å². The highest BCUT2D eigenvalue weighted by atomic mass is 16.5. The van der Waals surface area contributed by atoms with E-state index in [0.29, 0.717) is 6.61 Å². The van der Waals surface area contributed by atoms with Crippen molar-refractivity contribution in [3.05, 3.63) is 71.8 Å². The highest BCUT2D eigenvalue weighted by Crippen LogP contribution is 2.02. The first-order chi connectivity index (χ1) is 9.95. The molecule has 0 aliphatic heterocycles. The number of aliphatic imine (C=N–C) groups is 1. The van der Waals surface area contributed by atoms with E-state index in [-0.39, 0.29) is 0 Å². The topological polar surface area (TPSA) is 21.6 Å². The highest BCUT2D eigenvalue weighted by Gasteiger charge is 1.91. The van der Waals surface area contributed by atoms with Gasteiger partial charge in [-0.25, -0.2) is 0 Å². The standard InChI is InChI=1S/C18H21NO/c1-3-9-17(10-4-1)15-19-13-7-8-14-20-16-18-11-5-2-6-12-18/h1-6,9-13H,7-8,14-16H2. The van der Waals surface area contributed by atoms with Gasteiger partial charge >= 0.3 is 0 Å². The van der Waals surface area contributed by atoms with Gasteiger partial charge < -0.3 is 4.74 Å². The quantitative estimate of drug-likeness (QED) is 0.517. The fourth-order valence-corrected chi connectivity index (χ4v) is 1.89. The lowest BCUT2D eigenvalue weighted by Crippen LogP contribution is -1.95. The van der Waals surface area contributed by atoms with Crippen LogP contribution in [0.25, 0.3) is 0 Å². The molecule has 104 valence electrons. The minimum Gasteiger partial charge on any atom is -0.377 e. The molecule has 0 heterocycles. The van der Waals surface area contributed by atoms with Crippen molar-refractivity contribution in [2.75, 3.05) is 6.61 Å². The molecule has 2 aromatic carbocycles. The van der Waals surface area contributed by atoms with E-state index in [1.165, 1.54) is 11.1 Å². The van der Waals surface area contributed by atoms with Gasteiger partial charge in [0.15, 0.2) is 0 Å². The second-order valence-corrected chi connectivity index (χ2v) is 4.69. The molecule has 2 nitrogen and oxygen atoms in total. The van der Waals surface area contributed by atoms with Crippen LogP contribution in [0, 0.1) is 0 Å². The summed E-state index contributed by atoms with van der Waals surface area (Å²) >= 11 is 0. The van der Waals surface area contributed by atoms with E-state index in [9.17, 15) is 0 Å². The van der Waals surface area contributed by atoms with Crippen molar-refractivity contribution in [3.8, 4) is 0 Å². The summed E-state index contributed by atoms with van der Waals surface area (Å²) in [5, 5.41) is 0. The molecule has 2 rings (SSSR count). The zero-order valence-corrected chi connectivity index (χ0v) is 11.7. The van der Waals surface area contributed by atoms with Gasteiger partial charge in [-0.2, -0.15) is 0 Å². The number of benzene rings is 2. The summed E-state index contributed by atoms with van der Waals surface area (Å²) < 4.78 is 5.62. The van der Waals surface area contributed by atoms with E-state index < -0.39 is 0 Å². The molecule has 0 fully saturated rings. The molecule has 0 bridgehead atoms. The molecule has 0 amide bonds. The van der Waals surface area contributed by atoms with Crippen LogP contribution in [0.3, 0.4) is 0 Å². The summed E-state index contributed by atoms with van der Waals surface area (Å²) in [6.07, 6.45) is 3.99. The molecular formula is C18H21NO. The minimum atomic E-state index is 0.696. The number of ether oxygens (including phenoxy) is 1. The van der Waals surface area contributed by atoms with Crippen molar-refractivity contribution >= 4 is 6.21 Å². The Balaban J connectivity index is 1.51. The van der Waals surface area contributed by atoms with Gasteiger partial charge in [0.25, 0.3) is 0 Å². The van der Waals surface area contributed by atoms with Crippen LogP contribution in [0.15, 0.2) is 65.7 Å². The van der Waals surface area contributed by atoms with Gasteiger partial charge in [0.2, 0.25) is 0 Å². The number of rotatable bonds is 8. The largest absolute Gasteiger partial charge is 0.377 e. The van der Waals surface area contributed by atoms with Crippen LogP contribution >= 0.6 is 0 Å². The van der Waals surface area contributed by atoms with Crippen molar-refractivity contribution in [1.29, 1.82) is 0 Å². The fourth-order valence-electron chi connectivity index (χ4n) is 1.89. The normalized spacial score (nSPS) is 11.0.